The molecule has 8 heteroatoms. The van der Waals surface area contributed by atoms with Crippen LogP contribution < -0.4 is 0 Å². The number of hydrogen-bond acceptors (Lipinski definition) is 5. The maximum Gasteiger partial charge on any atom is 0.289 e. The zero-order valence-electron chi connectivity index (χ0n) is 17.9. The number of amides is 1. The molecular weight excluding hydrogens is 392 g/mol. The summed E-state index contributed by atoms with van der Waals surface area (Å²) in [4.78, 5) is 28.0. The molecule has 3 aromatic rings. The molecule has 1 N–H and O–H groups in total. The van der Waals surface area contributed by atoms with Gasteiger partial charge in [0.15, 0.2) is 0 Å². The highest BCUT2D eigenvalue weighted by Gasteiger charge is 2.32. The third-order valence-electron chi connectivity index (χ3n) is 7.05. The fraction of sp³-hybridized carbons (Fsp3) is 0.565. The molecule has 1 amide bonds. The molecule has 1 aliphatic carbocycles. The molecule has 5 rings (SSSR count). The summed E-state index contributed by atoms with van der Waals surface area (Å²) in [5.41, 5.74) is 2.57. The lowest BCUT2D eigenvalue weighted by atomic mass is 9.84. The van der Waals surface area contributed by atoms with Crippen molar-refractivity contribution in [3.8, 4) is 6.07 Å². The Morgan fingerprint density at radius 3 is 2.74 bits per heavy atom. The number of methoxy groups -OCH3 is 1. The van der Waals surface area contributed by atoms with Gasteiger partial charge in [-0.1, -0.05) is 0 Å². The molecule has 0 spiro atoms. The van der Waals surface area contributed by atoms with Gasteiger partial charge >= 0.3 is 0 Å². The lowest BCUT2D eigenvalue weighted by Crippen LogP contribution is -2.42. The number of hydrogen-bond donors (Lipinski definition) is 1. The summed E-state index contributed by atoms with van der Waals surface area (Å²) < 4.78 is 7.65. The predicted octanol–water partition coefficient (Wildman–Crippen LogP) is 3.81. The summed E-state index contributed by atoms with van der Waals surface area (Å²) in [5, 5.41) is 10.1. The summed E-state index contributed by atoms with van der Waals surface area (Å²) in [7, 11) is 1.74. The first-order chi connectivity index (χ1) is 15.2. The Balaban J connectivity index is 1.54. The monoisotopic (exact) mass is 420 g/mol. The van der Waals surface area contributed by atoms with Crippen LogP contribution in [0.5, 0.6) is 0 Å². The number of carbonyl (C=O) groups excluding carboxylic acids is 1. The van der Waals surface area contributed by atoms with E-state index in [-0.39, 0.29) is 18.1 Å². The van der Waals surface area contributed by atoms with Crippen LogP contribution >= 0.6 is 0 Å². The number of rotatable bonds is 4. The number of nitriles is 1. The van der Waals surface area contributed by atoms with Crippen LogP contribution in [0.2, 0.25) is 0 Å². The number of aromatic nitrogens is 4. The van der Waals surface area contributed by atoms with Crippen molar-refractivity contribution in [2.45, 2.75) is 57.1 Å². The number of piperidine rings is 1. The first kappa shape index (κ1) is 20.0. The highest BCUT2D eigenvalue weighted by molar-refractivity contribution is 6.04. The fourth-order valence-electron chi connectivity index (χ4n) is 5.27. The molecule has 0 aromatic carbocycles. The molecule has 0 atom stereocenters. The normalized spacial score (nSPS) is 22.8. The predicted molar refractivity (Wildman–Crippen MR) is 117 cm³/mol. The number of nitrogens with zero attached hydrogens (tertiary/aromatic N) is 5. The van der Waals surface area contributed by atoms with E-state index in [2.05, 4.69) is 20.6 Å². The zero-order valence-corrected chi connectivity index (χ0v) is 17.9. The molecule has 8 nitrogen and oxygen atoms in total. The van der Waals surface area contributed by atoms with E-state index in [4.69, 9.17) is 15.0 Å². The van der Waals surface area contributed by atoms with E-state index in [1.54, 1.807) is 13.3 Å². The Bertz CT molecular complexity index is 1130. The maximum absolute atomic E-state index is 13.6. The molecular formula is C23H28N6O2. The second-order valence-corrected chi connectivity index (χ2v) is 8.80. The first-order valence-corrected chi connectivity index (χ1v) is 11.2. The van der Waals surface area contributed by atoms with E-state index in [1.807, 2.05) is 17.2 Å². The van der Waals surface area contributed by atoms with Gasteiger partial charge in [-0.2, -0.15) is 5.26 Å². The molecule has 4 heterocycles. The number of fused-ring (bicyclic) bond motifs is 3. The first-order valence-electron chi connectivity index (χ1n) is 11.2. The summed E-state index contributed by atoms with van der Waals surface area (Å²) in [6, 6.07) is 4.54. The van der Waals surface area contributed by atoms with Gasteiger partial charge in [-0.05, 0) is 50.5 Å². The minimum Gasteiger partial charge on any atom is -0.381 e. The van der Waals surface area contributed by atoms with Crippen LogP contribution in [-0.4, -0.2) is 56.6 Å². The Morgan fingerprint density at radius 1 is 1.26 bits per heavy atom. The van der Waals surface area contributed by atoms with Crippen molar-refractivity contribution in [2.24, 2.45) is 5.92 Å². The van der Waals surface area contributed by atoms with Gasteiger partial charge in [-0.25, -0.2) is 9.97 Å². The second kappa shape index (κ2) is 8.31. The van der Waals surface area contributed by atoms with Gasteiger partial charge in [-0.15, -0.1) is 0 Å². The van der Waals surface area contributed by atoms with Crippen molar-refractivity contribution in [3.05, 3.63) is 24.3 Å². The van der Waals surface area contributed by atoms with E-state index in [9.17, 15) is 4.79 Å². The molecule has 162 valence electrons. The Labute approximate surface area is 181 Å². The van der Waals surface area contributed by atoms with Crippen molar-refractivity contribution in [1.82, 2.24) is 24.4 Å². The van der Waals surface area contributed by atoms with Crippen molar-refractivity contribution in [1.29, 1.82) is 5.26 Å². The topological polar surface area (TPSA) is 99.8 Å². The van der Waals surface area contributed by atoms with Crippen molar-refractivity contribution >= 4 is 28.0 Å². The lowest BCUT2D eigenvalue weighted by Gasteiger charge is -2.33. The third kappa shape index (κ3) is 3.57. The Hall–Kier alpha value is -2.92. The second-order valence-electron chi connectivity index (χ2n) is 8.80. The van der Waals surface area contributed by atoms with E-state index in [0.717, 1.165) is 60.6 Å². The van der Waals surface area contributed by atoms with Crippen LogP contribution in [0.15, 0.2) is 18.5 Å². The number of carbonyl (C=O) groups is 1. The van der Waals surface area contributed by atoms with Gasteiger partial charge in [0.25, 0.3) is 5.91 Å². The minimum absolute atomic E-state index is 0.00594. The van der Waals surface area contributed by atoms with Crippen molar-refractivity contribution in [3.63, 3.8) is 0 Å². The summed E-state index contributed by atoms with van der Waals surface area (Å²) in [5.74, 6) is 0.968. The third-order valence-corrected chi connectivity index (χ3v) is 7.05. The molecule has 1 saturated heterocycles. The Morgan fingerprint density at radius 2 is 2.03 bits per heavy atom. The molecule has 1 aliphatic heterocycles. The number of ether oxygens (including phenoxy) is 1. The van der Waals surface area contributed by atoms with Crippen molar-refractivity contribution < 1.29 is 9.53 Å². The van der Waals surface area contributed by atoms with Crippen LogP contribution in [0, 0.1) is 17.2 Å². The quantitative estimate of drug-likeness (QED) is 0.692. The van der Waals surface area contributed by atoms with Crippen LogP contribution in [0.3, 0.4) is 0 Å². The SMILES string of the molecule is COC1CCN(C(=O)c2nc3cnc4[nH]ccc4c3n2C2CCC(CC#N)CC2)CC1. The molecule has 0 unspecified atom stereocenters. The van der Waals surface area contributed by atoms with E-state index < -0.39 is 0 Å². The maximum atomic E-state index is 13.6. The molecule has 2 fully saturated rings. The summed E-state index contributed by atoms with van der Waals surface area (Å²) in [6.07, 6.45) is 10.1. The van der Waals surface area contributed by atoms with E-state index in [0.29, 0.717) is 31.3 Å². The highest BCUT2D eigenvalue weighted by atomic mass is 16.5. The molecule has 2 aliphatic rings. The zero-order chi connectivity index (χ0) is 21.4. The van der Waals surface area contributed by atoms with Crippen LogP contribution in [0.25, 0.3) is 22.1 Å². The Kier molecular flexibility index (Phi) is 5.36. The smallest absolute Gasteiger partial charge is 0.289 e. The van der Waals surface area contributed by atoms with Gasteiger partial charge < -0.3 is 19.2 Å². The molecule has 0 radical (unpaired) electrons. The number of imidazole rings is 1. The van der Waals surface area contributed by atoms with Gasteiger partial charge in [-0.3, -0.25) is 4.79 Å². The number of H-pyrrole nitrogens is 1. The average Bonchev–Trinajstić information content (AvgIpc) is 3.44. The molecule has 1 saturated carbocycles. The molecule has 0 bridgehead atoms. The fourth-order valence-corrected chi connectivity index (χ4v) is 5.27. The van der Waals surface area contributed by atoms with Gasteiger partial charge in [0.2, 0.25) is 5.82 Å². The van der Waals surface area contributed by atoms with Gasteiger partial charge in [0.1, 0.15) is 11.2 Å². The number of nitrogens with one attached hydrogen (secondary N) is 1. The standard InChI is InChI=1S/C23H28N6O2/c1-31-17-8-12-28(13-9-17)23(30)22-27-19-14-26-21-18(7-11-25-21)20(19)29(22)16-4-2-15(3-5-16)6-10-24/h7,11,14-17H,2-6,8-9,12-13H2,1H3,(H,25,26). The van der Waals surface area contributed by atoms with Gasteiger partial charge in [0.05, 0.1) is 23.9 Å². The number of likely N-dealkylation sites (tertiary alicyclic amines) is 1. The van der Waals surface area contributed by atoms with Crippen LogP contribution in [0.1, 0.15) is 61.6 Å². The van der Waals surface area contributed by atoms with Crippen LogP contribution in [-0.2, 0) is 4.74 Å². The average molecular weight is 421 g/mol. The number of aromatic amines is 1. The van der Waals surface area contributed by atoms with E-state index in [1.165, 1.54) is 0 Å². The number of pyridine rings is 1. The van der Waals surface area contributed by atoms with E-state index >= 15 is 0 Å². The summed E-state index contributed by atoms with van der Waals surface area (Å²) >= 11 is 0. The van der Waals surface area contributed by atoms with Crippen LogP contribution in [0.4, 0.5) is 0 Å². The highest BCUT2D eigenvalue weighted by Crippen LogP contribution is 2.38. The van der Waals surface area contributed by atoms with Gasteiger partial charge in [0, 0.05) is 44.2 Å². The molecule has 31 heavy (non-hydrogen) atoms. The lowest BCUT2D eigenvalue weighted by molar-refractivity contribution is 0.0340. The summed E-state index contributed by atoms with van der Waals surface area (Å²) in [6.45, 7) is 1.38. The molecule has 3 aromatic heterocycles. The van der Waals surface area contributed by atoms with Crippen molar-refractivity contribution in [2.75, 3.05) is 20.2 Å². The minimum atomic E-state index is -0.00594. The largest absolute Gasteiger partial charge is 0.381 e.